The van der Waals surface area contributed by atoms with Crippen molar-refractivity contribution < 1.29 is 26.8 Å². The number of benzene rings is 2. The number of nitrogens with zero attached hydrogens (tertiary/aromatic N) is 2. The highest BCUT2D eigenvalue weighted by Gasteiger charge is 2.31. The first-order valence-corrected chi connectivity index (χ1v) is 13.5. The normalized spacial score (nSPS) is 15.0. The van der Waals surface area contributed by atoms with E-state index in [-0.39, 0.29) is 24.2 Å². The van der Waals surface area contributed by atoms with Crippen LogP contribution in [0.15, 0.2) is 42.5 Å². The van der Waals surface area contributed by atoms with Crippen LogP contribution in [0.5, 0.6) is 0 Å². The predicted molar refractivity (Wildman–Crippen MR) is 130 cm³/mol. The number of hydrogen-bond acceptors (Lipinski definition) is 4. The van der Waals surface area contributed by atoms with Crippen molar-refractivity contribution >= 4 is 39.1 Å². The zero-order chi connectivity index (χ0) is 25.8. The number of anilines is 1. The van der Waals surface area contributed by atoms with Crippen molar-refractivity contribution in [3.8, 4) is 0 Å². The van der Waals surface area contributed by atoms with E-state index in [4.69, 9.17) is 11.6 Å². The van der Waals surface area contributed by atoms with Gasteiger partial charge in [0.2, 0.25) is 21.8 Å². The highest BCUT2D eigenvalue weighted by atomic mass is 35.5. The van der Waals surface area contributed by atoms with E-state index in [1.165, 1.54) is 4.90 Å². The highest BCUT2D eigenvalue weighted by Crippen LogP contribution is 2.22. The summed E-state index contributed by atoms with van der Waals surface area (Å²) in [5.41, 5.74) is 0.483. The van der Waals surface area contributed by atoms with Crippen LogP contribution in [0.3, 0.4) is 0 Å². The molecule has 0 bridgehead atoms. The summed E-state index contributed by atoms with van der Waals surface area (Å²) < 4.78 is 52.8. The second-order valence-electron chi connectivity index (χ2n) is 8.68. The molecule has 0 saturated heterocycles. The summed E-state index contributed by atoms with van der Waals surface area (Å²) in [5, 5.41) is 3.46. The molecule has 0 aliphatic heterocycles. The van der Waals surface area contributed by atoms with E-state index in [9.17, 15) is 26.8 Å². The Morgan fingerprint density at radius 3 is 2.29 bits per heavy atom. The Bertz CT molecular complexity index is 1170. The minimum absolute atomic E-state index is 0.0185. The molecule has 0 aromatic heterocycles. The number of carbonyl (C=O) groups is 2. The average Bonchev–Trinajstić information content (AvgIpc) is 3.30. The van der Waals surface area contributed by atoms with Gasteiger partial charge in [-0.3, -0.25) is 13.9 Å². The second-order valence-corrected chi connectivity index (χ2v) is 11.0. The summed E-state index contributed by atoms with van der Waals surface area (Å²) in [6, 6.07) is 8.39. The number of halogens is 3. The number of sulfonamides is 1. The third-order valence-corrected chi connectivity index (χ3v) is 7.40. The lowest BCUT2D eigenvalue weighted by Crippen LogP contribution is -2.52. The van der Waals surface area contributed by atoms with Crippen molar-refractivity contribution in [1.82, 2.24) is 10.2 Å². The van der Waals surface area contributed by atoms with Crippen LogP contribution in [0.1, 0.15) is 38.2 Å². The largest absolute Gasteiger partial charge is 0.352 e. The van der Waals surface area contributed by atoms with Gasteiger partial charge in [0.1, 0.15) is 12.6 Å². The van der Waals surface area contributed by atoms with Crippen molar-refractivity contribution in [3.63, 3.8) is 0 Å². The molecule has 11 heteroatoms. The maximum Gasteiger partial charge on any atom is 0.244 e. The third kappa shape index (κ3) is 7.14. The number of carbonyl (C=O) groups excluding carboxylic acids is 2. The summed E-state index contributed by atoms with van der Waals surface area (Å²) in [6.07, 6.45) is 4.62. The Hall–Kier alpha value is -2.72. The van der Waals surface area contributed by atoms with Crippen molar-refractivity contribution in [2.24, 2.45) is 0 Å². The third-order valence-electron chi connectivity index (χ3n) is 6.01. The average molecular weight is 528 g/mol. The monoisotopic (exact) mass is 527 g/mol. The lowest BCUT2D eigenvalue weighted by Gasteiger charge is -2.32. The molecule has 0 radical (unpaired) electrons. The minimum atomic E-state index is -4.04. The fraction of sp³-hybridized carbons (Fsp3) is 0.417. The van der Waals surface area contributed by atoms with E-state index < -0.39 is 40.2 Å². The Kier molecular flexibility index (Phi) is 8.71. The standard InChI is InChI=1S/C24H28ClF2N3O4S/c1-16(24(32)28-19-5-3-4-6-19)29(14-17-7-9-18(25)10-8-17)23(31)15-30(35(2,33)34)20-11-12-21(26)22(27)13-20/h7-13,16,19H,3-6,14-15H2,1-2H3,(H,28,32). The summed E-state index contributed by atoms with van der Waals surface area (Å²) in [5.74, 6) is -3.41. The molecule has 0 heterocycles. The number of hydrogen-bond donors (Lipinski definition) is 1. The fourth-order valence-corrected chi connectivity index (χ4v) is 4.98. The molecular weight excluding hydrogens is 500 g/mol. The molecule has 3 rings (SSSR count). The Morgan fingerprint density at radius 2 is 1.71 bits per heavy atom. The van der Waals surface area contributed by atoms with Crippen LogP contribution in [0.25, 0.3) is 0 Å². The Balaban J connectivity index is 1.88. The number of nitrogens with one attached hydrogen (secondary N) is 1. The molecule has 1 aliphatic rings. The summed E-state index contributed by atoms with van der Waals surface area (Å²) >= 11 is 5.95. The molecule has 1 unspecified atom stereocenters. The van der Waals surface area contributed by atoms with Gasteiger partial charge in [-0.15, -0.1) is 0 Å². The van der Waals surface area contributed by atoms with Gasteiger partial charge >= 0.3 is 0 Å². The van der Waals surface area contributed by atoms with E-state index in [0.29, 0.717) is 21.0 Å². The van der Waals surface area contributed by atoms with Crippen molar-refractivity contribution in [2.75, 3.05) is 17.1 Å². The molecular formula is C24H28ClF2N3O4S. The molecule has 1 N–H and O–H groups in total. The molecule has 7 nitrogen and oxygen atoms in total. The zero-order valence-corrected chi connectivity index (χ0v) is 21.1. The molecule has 1 atom stereocenters. The Morgan fingerprint density at radius 1 is 1.09 bits per heavy atom. The van der Waals surface area contributed by atoms with E-state index in [2.05, 4.69) is 5.32 Å². The quantitative estimate of drug-likeness (QED) is 0.536. The lowest BCUT2D eigenvalue weighted by molar-refractivity contribution is -0.139. The number of amides is 2. The highest BCUT2D eigenvalue weighted by molar-refractivity contribution is 7.92. The van der Waals surface area contributed by atoms with E-state index >= 15 is 0 Å². The summed E-state index contributed by atoms with van der Waals surface area (Å²) in [6.45, 7) is 0.892. The van der Waals surface area contributed by atoms with Crippen molar-refractivity contribution in [1.29, 1.82) is 0 Å². The second kappa shape index (κ2) is 11.3. The molecule has 35 heavy (non-hydrogen) atoms. The molecule has 190 valence electrons. The van der Waals surface area contributed by atoms with Gasteiger partial charge in [-0.25, -0.2) is 17.2 Å². The predicted octanol–water partition coefficient (Wildman–Crippen LogP) is 3.86. The van der Waals surface area contributed by atoms with Gasteiger partial charge in [0, 0.05) is 23.7 Å². The van der Waals surface area contributed by atoms with Gasteiger partial charge in [0.05, 0.1) is 11.9 Å². The first-order valence-electron chi connectivity index (χ1n) is 11.2. The van der Waals surface area contributed by atoms with Gasteiger partial charge in [0.15, 0.2) is 11.6 Å². The fourth-order valence-electron chi connectivity index (χ4n) is 4.01. The molecule has 1 fully saturated rings. The van der Waals surface area contributed by atoms with Gasteiger partial charge in [-0.05, 0) is 49.6 Å². The minimum Gasteiger partial charge on any atom is -0.352 e. The smallest absolute Gasteiger partial charge is 0.244 e. The van der Waals surface area contributed by atoms with Gasteiger partial charge in [-0.2, -0.15) is 0 Å². The van der Waals surface area contributed by atoms with Crippen LogP contribution in [0, 0.1) is 11.6 Å². The van der Waals surface area contributed by atoms with E-state index in [0.717, 1.165) is 44.1 Å². The molecule has 1 aliphatic carbocycles. The molecule has 2 aromatic carbocycles. The van der Waals surface area contributed by atoms with Crippen LogP contribution in [0.2, 0.25) is 5.02 Å². The maximum atomic E-state index is 13.8. The van der Waals surface area contributed by atoms with E-state index in [1.807, 2.05) is 0 Å². The first-order chi connectivity index (χ1) is 16.5. The van der Waals surface area contributed by atoms with Crippen LogP contribution >= 0.6 is 11.6 Å². The molecule has 1 saturated carbocycles. The van der Waals surface area contributed by atoms with Gasteiger partial charge in [-0.1, -0.05) is 36.6 Å². The van der Waals surface area contributed by atoms with Crippen LogP contribution in [-0.4, -0.2) is 50.0 Å². The summed E-state index contributed by atoms with van der Waals surface area (Å²) in [7, 11) is -4.04. The van der Waals surface area contributed by atoms with Crippen molar-refractivity contribution in [2.45, 2.75) is 51.2 Å². The SMILES string of the molecule is CC(C(=O)NC1CCCC1)N(Cc1ccc(Cl)cc1)C(=O)CN(c1ccc(F)c(F)c1)S(C)(=O)=O. The number of rotatable bonds is 9. The summed E-state index contributed by atoms with van der Waals surface area (Å²) in [4.78, 5) is 27.7. The van der Waals surface area contributed by atoms with Gasteiger partial charge < -0.3 is 10.2 Å². The van der Waals surface area contributed by atoms with E-state index in [1.54, 1.807) is 31.2 Å². The first kappa shape index (κ1) is 26.9. The van der Waals surface area contributed by atoms with Crippen LogP contribution < -0.4 is 9.62 Å². The zero-order valence-electron chi connectivity index (χ0n) is 19.5. The molecule has 2 amide bonds. The molecule has 0 spiro atoms. The Labute approximate surface area is 209 Å². The topological polar surface area (TPSA) is 86.8 Å². The maximum absolute atomic E-state index is 13.8. The van der Waals surface area contributed by atoms with Gasteiger partial charge in [0.25, 0.3) is 0 Å². The lowest BCUT2D eigenvalue weighted by atomic mass is 10.1. The van der Waals surface area contributed by atoms with Crippen LogP contribution in [0.4, 0.5) is 14.5 Å². The van der Waals surface area contributed by atoms with Crippen molar-refractivity contribution in [3.05, 3.63) is 64.7 Å². The molecule has 2 aromatic rings. The van der Waals surface area contributed by atoms with Crippen LogP contribution in [-0.2, 0) is 26.2 Å².